The molecule has 0 bridgehead atoms. The SMILES string of the molecule is Nc1ccccc1S[C@@H](CC(=O)c1ccccc1)c1ccccc1. The Morgan fingerprint density at radius 1 is 0.833 bits per heavy atom. The summed E-state index contributed by atoms with van der Waals surface area (Å²) in [5.74, 6) is 0.145. The molecule has 0 aromatic heterocycles. The van der Waals surface area contributed by atoms with Gasteiger partial charge in [-0.1, -0.05) is 72.8 Å². The summed E-state index contributed by atoms with van der Waals surface area (Å²) in [6, 6.07) is 27.4. The van der Waals surface area contributed by atoms with E-state index in [1.165, 1.54) is 0 Å². The Balaban J connectivity index is 1.86. The van der Waals surface area contributed by atoms with E-state index in [0.29, 0.717) is 6.42 Å². The number of carbonyl (C=O) groups excluding carboxylic acids is 1. The first kappa shape index (κ1) is 16.3. The maximum absolute atomic E-state index is 12.7. The van der Waals surface area contributed by atoms with Crippen LogP contribution in [0.4, 0.5) is 5.69 Å². The van der Waals surface area contributed by atoms with Crippen LogP contribution in [-0.2, 0) is 0 Å². The Morgan fingerprint density at radius 3 is 2.08 bits per heavy atom. The average molecular weight is 333 g/mol. The number of thioether (sulfide) groups is 1. The van der Waals surface area contributed by atoms with Gasteiger partial charge in [0, 0.05) is 27.8 Å². The van der Waals surface area contributed by atoms with E-state index in [1.54, 1.807) is 11.8 Å². The van der Waals surface area contributed by atoms with E-state index < -0.39 is 0 Å². The number of carbonyl (C=O) groups is 1. The van der Waals surface area contributed by atoms with Crippen molar-refractivity contribution < 1.29 is 4.79 Å². The summed E-state index contributed by atoms with van der Waals surface area (Å²) in [6.45, 7) is 0. The standard InChI is InChI=1S/C21H19NOS/c22-18-13-7-8-14-20(18)24-21(17-11-5-2-6-12-17)15-19(23)16-9-3-1-4-10-16/h1-14,21H,15,22H2/t21-/m0/s1. The second-order valence-electron chi connectivity index (χ2n) is 5.55. The molecule has 2 nitrogen and oxygen atoms in total. The molecule has 0 radical (unpaired) electrons. The molecule has 0 saturated heterocycles. The van der Waals surface area contributed by atoms with E-state index in [2.05, 4.69) is 12.1 Å². The molecule has 3 aromatic rings. The zero-order chi connectivity index (χ0) is 16.8. The summed E-state index contributed by atoms with van der Waals surface area (Å²) in [5.41, 5.74) is 8.71. The fourth-order valence-corrected chi connectivity index (χ4v) is 3.74. The molecule has 0 saturated carbocycles. The molecule has 2 N–H and O–H groups in total. The molecule has 3 aromatic carbocycles. The van der Waals surface area contributed by atoms with Crippen molar-refractivity contribution in [2.75, 3.05) is 5.73 Å². The summed E-state index contributed by atoms with van der Waals surface area (Å²) in [5, 5.41) is 0.0311. The Morgan fingerprint density at radius 2 is 1.42 bits per heavy atom. The minimum Gasteiger partial charge on any atom is -0.398 e. The van der Waals surface area contributed by atoms with Gasteiger partial charge < -0.3 is 5.73 Å². The summed E-state index contributed by atoms with van der Waals surface area (Å²) in [4.78, 5) is 13.7. The van der Waals surface area contributed by atoms with Crippen molar-refractivity contribution in [2.24, 2.45) is 0 Å². The lowest BCUT2D eigenvalue weighted by Gasteiger charge is -2.17. The molecule has 1 atom stereocenters. The topological polar surface area (TPSA) is 43.1 Å². The van der Waals surface area contributed by atoms with Crippen LogP contribution in [0.15, 0.2) is 89.8 Å². The summed E-state index contributed by atoms with van der Waals surface area (Å²) in [7, 11) is 0. The van der Waals surface area contributed by atoms with Crippen LogP contribution in [0.25, 0.3) is 0 Å². The van der Waals surface area contributed by atoms with Crippen molar-refractivity contribution in [1.82, 2.24) is 0 Å². The zero-order valence-corrected chi connectivity index (χ0v) is 14.1. The van der Waals surface area contributed by atoms with E-state index in [9.17, 15) is 4.79 Å². The largest absolute Gasteiger partial charge is 0.398 e. The number of nitrogen functional groups attached to an aromatic ring is 1. The third kappa shape index (κ3) is 4.06. The number of anilines is 1. The monoisotopic (exact) mass is 333 g/mol. The van der Waals surface area contributed by atoms with Crippen molar-refractivity contribution in [2.45, 2.75) is 16.6 Å². The minimum absolute atomic E-state index is 0.0311. The van der Waals surface area contributed by atoms with Crippen LogP contribution in [0.1, 0.15) is 27.6 Å². The van der Waals surface area contributed by atoms with Gasteiger partial charge in [-0.25, -0.2) is 0 Å². The second-order valence-corrected chi connectivity index (χ2v) is 6.79. The summed E-state index contributed by atoms with van der Waals surface area (Å²) in [6.07, 6.45) is 0.438. The molecule has 0 fully saturated rings. The highest BCUT2D eigenvalue weighted by Crippen LogP contribution is 2.40. The normalized spacial score (nSPS) is 11.8. The van der Waals surface area contributed by atoms with Gasteiger partial charge in [-0.15, -0.1) is 11.8 Å². The molecule has 0 unspecified atom stereocenters. The molecule has 24 heavy (non-hydrogen) atoms. The van der Waals surface area contributed by atoms with Gasteiger partial charge in [0.2, 0.25) is 0 Å². The van der Waals surface area contributed by atoms with Gasteiger partial charge >= 0.3 is 0 Å². The van der Waals surface area contributed by atoms with Crippen LogP contribution in [0.2, 0.25) is 0 Å². The van der Waals surface area contributed by atoms with Crippen LogP contribution in [0, 0.1) is 0 Å². The maximum atomic E-state index is 12.7. The van der Waals surface area contributed by atoms with Gasteiger partial charge in [0.25, 0.3) is 0 Å². The van der Waals surface area contributed by atoms with E-state index in [-0.39, 0.29) is 11.0 Å². The van der Waals surface area contributed by atoms with E-state index in [0.717, 1.165) is 21.7 Å². The smallest absolute Gasteiger partial charge is 0.164 e. The van der Waals surface area contributed by atoms with Crippen LogP contribution in [-0.4, -0.2) is 5.78 Å². The molecule has 0 spiro atoms. The fraction of sp³-hybridized carbons (Fsp3) is 0.0952. The van der Waals surface area contributed by atoms with Crippen LogP contribution in [0.5, 0.6) is 0 Å². The van der Waals surface area contributed by atoms with E-state index in [4.69, 9.17) is 5.73 Å². The maximum Gasteiger partial charge on any atom is 0.164 e. The highest BCUT2D eigenvalue weighted by Gasteiger charge is 2.19. The lowest BCUT2D eigenvalue weighted by molar-refractivity contribution is 0.0982. The number of hydrogen-bond donors (Lipinski definition) is 1. The van der Waals surface area contributed by atoms with Crippen LogP contribution >= 0.6 is 11.8 Å². The minimum atomic E-state index is 0.0311. The number of nitrogens with two attached hydrogens (primary N) is 1. The van der Waals surface area contributed by atoms with Crippen molar-refractivity contribution in [1.29, 1.82) is 0 Å². The quantitative estimate of drug-likeness (QED) is 0.374. The van der Waals surface area contributed by atoms with Gasteiger partial charge in [-0.3, -0.25) is 4.79 Å². The second kappa shape index (κ2) is 7.84. The van der Waals surface area contributed by atoms with Gasteiger partial charge in [-0.05, 0) is 17.7 Å². The average Bonchev–Trinajstić information content (AvgIpc) is 2.64. The fourth-order valence-electron chi connectivity index (χ4n) is 2.55. The van der Waals surface area contributed by atoms with E-state index in [1.807, 2.05) is 72.8 Å². The number of hydrogen-bond acceptors (Lipinski definition) is 3. The highest BCUT2D eigenvalue weighted by atomic mass is 32.2. The van der Waals surface area contributed by atoms with Crippen molar-refractivity contribution in [3.63, 3.8) is 0 Å². The Kier molecular flexibility index (Phi) is 5.34. The van der Waals surface area contributed by atoms with Crippen molar-refractivity contribution in [3.8, 4) is 0 Å². The van der Waals surface area contributed by atoms with E-state index >= 15 is 0 Å². The third-order valence-electron chi connectivity index (χ3n) is 3.83. The third-order valence-corrected chi connectivity index (χ3v) is 5.18. The summed E-state index contributed by atoms with van der Waals surface area (Å²) >= 11 is 1.65. The van der Waals surface area contributed by atoms with Gasteiger partial charge in [0.15, 0.2) is 5.78 Å². The molecule has 0 aliphatic carbocycles. The van der Waals surface area contributed by atoms with Gasteiger partial charge in [0.05, 0.1) is 0 Å². The molecular formula is C21H19NOS. The molecular weight excluding hydrogens is 314 g/mol. The first-order valence-electron chi connectivity index (χ1n) is 7.88. The van der Waals surface area contributed by atoms with Crippen LogP contribution < -0.4 is 5.73 Å². The number of rotatable bonds is 6. The lowest BCUT2D eigenvalue weighted by Crippen LogP contribution is -2.05. The molecule has 3 rings (SSSR count). The Bertz CT molecular complexity index is 802. The predicted molar refractivity (Wildman–Crippen MR) is 101 cm³/mol. The van der Waals surface area contributed by atoms with Gasteiger partial charge in [0.1, 0.15) is 0 Å². The number of benzene rings is 3. The number of Topliss-reactive ketones (excluding diaryl/α,β-unsaturated/α-hetero) is 1. The summed E-state index contributed by atoms with van der Waals surface area (Å²) < 4.78 is 0. The molecule has 3 heteroatoms. The molecule has 0 heterocycles. The zero-order valence-electron chi connectivity index (χ0n) is 13.3. The molecule has 0 amide bonds. The van der Waals surface area contributed by atoms with Crippen molar-refractivity contribution >= 4 is 23.2 Å². The first-order valence-corrected chi connectivity index (χ1v) is 8.76. The molecule has 0 aliphatic rings. The molecule has 0 aliphatic heterocycles. The number of para-hydroxylation sites is 1. The Labute approximate surface area is 146 Å². The lowest BCUT2D eigenvalue weighted by atomic mass is 10.0. The Hall–Kier alpha value is -2.52. The predicted octanol–water partition coefficient (Wildman–Crippen LogP) is 5.38. The first-order chi connectivity index (χ1) is 11.7. The van der Waals surface area contributed by atoms with Crippen LogP contribution in [0.3, 0.4) is 0 Å². The molecule has 120 valence electrons. The van der Waals surface area contributed by atoms with Crippen molar-refractivity contribution in [3.05, 3.63) is 96.1 Å². The van der Waals surface area contributed by atoms with Gasteiger partial charge in [-0.2, -0.15) is 0 Å². The number of ketones is 1. The highest BCUT2D eigenvalue weighted by molar-refractivity contribution is 7.99.